The van der Waals surface area contributed by atoms with E-state index in [-0.39, 0.29) is 6.54 Å². The molecule has 0 aliphatic carbocycles. The highest BCUT2D eigenvalue weighted by Gasteiger charge is 2.40. The Kier molecular flexibility index (Phi) is 3.03. The molecule has 50 valence electrons. The molecule has 0 bridgehead atoms. The maximum absolute atomic E-state index is 11.1. The summed E-state index contributed by atoms with van der Waals surface area (Å²) in [6.07, 6.45) is 0. The van der Waals surface area contributed by atoms with E-state index in [1.54, 1.807) is 0 Å². The largest absolute Gasteiger partial charge is 0.802 e. The molecule has 0 radical (unpaired) electrons. The van der Waals surface area contributed by atoms with Gasteiger partial charge in [-0.3, -0.25) is 0 Å². The summed E-state index contributed by atoms with van der Waals surface area (Å²) in [5, 5.41) is 0. The second kappa shape index (κ2) is 3.05. The van der Waals surface area contributed by atoms with Crippen LogP contribution in [0, 0.1) is 0 Å². The minimum Gasteiger partial charge on any atom is -0.341 e. The van der Waals surface area contributed by atoms with Gasteiger partial charge >= 0.3 is 9.32 Å². The SMILES string of the molecule is NCCO[Si](F)(F)F. The summed E-state index contributed by atoms with van der Waals surface area (Å²) in [6, 6.07) is 0. The zero-order valence-electron chi connectivity index (χ0n) is 4.03. The van der Waals surface area contributed by atoms with Crippen molar-refractivity contribution in [2.75, 3.05) is 13.2 Å². The summed E-state index contributed by atoms with van der Waals surface area (Å²) < 4.78 is 36.7. The lowest BCUT2D eigenvalue weighted by atomic mass is 10.8. The van der Waals surface area contributed by atoms with E-state index < -0.39 is 15.9 Å². The number of hydrogen-bond acceptors (Lipinski definition) is 2. The van der Waals surface area contributed by atoms with Gasteiger partial charge in [-0.05, 0) is 0 Å². The van der Waals surface area contributed by atoms with Gasteiger partial charge in [0.1, 0.15) is 0 Å². The fraction of sp³-hybridized carbons (Fsp3) is 1.00. The van der Waals surface area contributed by atoms with Gasteiger partial charge in [-0.1, -0.05) is 0 Å². The van der Waals surface area contributed by atoms with Crippen molar-refractivity contribution >= 4 is 9.32 Å². The molecule has 0 heterocycles. The first-order valence-corrected chi connectivity index (χ1v) is 3.51. The van der Waals surface area contributed by atoms with Crippen molar-refractivity contribution in [2.45, 2.75) is 0 Å². The predicted octanol–water partition coefficient (Wildman–Crippen LogP) is 0.306. The summed E-state index contributed by atoms with van der Waals surface area (Å²) in [7, 11) is -5.76. The van der Waals surface area contributed by atoms with Gasteiger partial charge in [-0.2, -0.15) is 0 Å². The van der Waals surface area contributed by atoms with Gasteiger partial charge in [-0.25, -0.2) is 12.3 Å². The quantitative estimate of drug-likeness (QED) is 0.458. The van der Waals surface area contributed by atoms with Gasteiger partial charge in [0, 0.05) is 6.54 Å². The average Bonchev–Trinajstić information content (AvgIpc) is 1.59. The topological polar surface area (TPSA) is 35.2 Å². The van der Waals surface area contributed by atoms with Crippen LogP contribution in [0.15, 0.2) is 0 Å². The third-order valence-electron chi connectivity index (χ3n) is 0.384. The Balaban J connectivity index is 3.11. The molecule has 6 heteroatoms. The lowest BCUT2D eigenvalue weighted by Crippen LogP contribution is -2.24. The van der Waals surface area contributed by atoms with Gasteiger partial charge in [0.15, 0.2) is 0 Å². The highest BCUT2D eigenvalue weighted by molar-refractivity contribution is 6.51. The van der Waals surface area contributed by atoms with Crippen LogP contribution in [0.5, 0.6) is 0 Å². The van der Waals surface area contributed by atoms with Crippen LogP contribution in [-0.4, -0.2) is 22.5 Å². The standard InChI is InChI=1S/C2H6F3NOSi/c3-8(4,5)7-2-1-6/h1-2,6H2. The normalized spacial score (nSPS) is 12.0. The fourth-order valence-corrected chi connectivity index (χ4v) is 0.524. The van der Waals surface area contributed by atoms with Crippen molar-refractivity contribution in [3.8, 4) is 0 Å². The predicted molar refractivity (Wildman–Crippen MR) is 24.1 cm³/mol. The third kappa shape index (κ3) is 5.93. The molecular weight excluding hydrogens is 139 g/mol. The van der Waals surface area contributed by atoms with E-state index in [2.05, 4.69) is 4.43 Å². The molecule has 0 amide bonds. The van der Waals surface area contributed by atoms with Gasteiger partial charge in [-0.15, -0.1) is 0 Å². The Morgan fingerprint density at radius 3 is 2.00 bits per heavy atom. The molecule has 0 aromatic rings. The van der Waals surface area contributed by atoms with Gasteiger partial charge in [0.25, 0.3) is 0 Å². The Morgan fingerprint density at radius 1 is 1.38 bits per heavy atom. The van der Waals surface area contributed by atoms with E-state index in [1.807, 2.05) is 0 Å². The van der Waals surface area contributed by atoms with Crippen LogP contribution in [0.25, 0.3) is 0 Å². The van der Waals surface area contributed by atoms with Crippen LogP contribution < -0.4 is 5.73 Å². The molecule has 0 saturated carbocycles. The Bertz CT molecular complexity index is 64.8. The minimum atomic E-state index is -5.76. The molecule has 2 N–H and O–H groups in total. The molecule has 0 unspecified atom stereocenters. The average molecular weight is 145 g/mol. The first-order chi connectivity index (χ1) is 3.56. The Hall–Kier alpha value is -0.0731. The summed E-state index contributed by atoms with van der Waals surface area (Å²) >= 11 is 0. The van der Waals surface area contributed by atoms with E-state index in [4.69, 9.17) is 5.73 Å². The molecule has 0 aliphatic rings. The van der Waals surface area contributed by atoms with Crippen molar-refractivity contribution in [2.24, 2.45) is 5.73 Å². The smallest absolute Gasteiger partial charge is 0.341 e. The number of nitrogens with two attached hydrogens (primary N) is 1. The molecule has 0 fully saturated rings. The third-order valence-corrected chi connectivity index (χ3v) is 0.915. The lowest BCUT2D eigenvalue weighted by Gasteiger charge is -1.99. The van der Waals surface area contributed by atoms with E-state index in [1.165, 1.54) is 0 Å². The molecule has 0 atom stereocenters. The molecule has 0 aliphatic heterocycles. The van der Waals surface area contributed by atoms with Crippen molar-refractivity contribution in [1.82, 2.24) is 0 Å². The zero-order valence-corrected chi connectivity index (χ0v) is 5.03. The first kappa shape index (κ1) is 7.93. The fourth-order valence-electron chi connectivity index (χ4n) is 0.175. The minimum absolute atomic E-state index is 0.0769. The summed E-state index contributed by atoms with van der Waals surface area (Å²) in [6.45, 7) is -0.484. The van der Waals surface area contributed by atoms with Gasteiger partial charge in [0.2, 0.25) is 0 Å². The van der Waals surface area contributed by atoms with E-state index in [0.29, 0.717) is 0 Å². The molecule has 0 spiro atoms. The first-order valence-electron chi connectivity index (χ1n) is 1.97. The molecule has 0 aromatic heterocycles. The van der Waals surface area contributed by atoms with E-state index >= 15 is 0 Å². The molecular formula is C2H6F3NOSi. The van der Waals surface area contributed by atoms with Crippen molar-refractivity contribution in [3.63, 3.8) is 0 Å². The van der Waals surface area contributed by atoms with Crippen LogP contribution in [0.4, 0.5) is 12.3 Å². The molecule has 0 aromatic carbocycles. The Morgan fingerprint density at radius 2 is 1.88 bits per heavy atom. The Labute approximate surface area is 46.1 Å². The molecule has 0 saturated heterocycles. The van der Waals surface area contributed by atoms with Crippen LogP contribution in [0.2, 0.25) is 0 Å². The second-order valence-electron chi connectivity index (χ2n) is 1.08. The number of rotatable bonds is 3. The monoisotopic (exact) mass is 145 g/mol. The van der Waals surface area contributed by atoms with Crippen LogP contribution in [-0.2, 0) is 4.43 Å². The van der Waals surface area contributed by atoms with Gasteiger partial charge < -0.3 is 10.2 Å². The van der Waals surface area contributed by atoms with Crippen LogP contribution in [0.3, 0.4) is 0 Å². The molecule has 2 nitrogen and oxygen atoms in total. The summed E-state index contributed by atoms with van der Waals surface area (Å²) in [5.41, 5.74) is 4.73. The summed E-state index contributed by atoms with van der Waals surface area (Å²) in [5.74, 6) is 0. The number of halogens is 3. The van der Waals surface area contributed by atoms with Crippen LogP contribution in [0.1, 0.15) is 0 Å². The zero-order chi connectivity index (χ0) is 6.62. The van der Waals surface area contributed by atoms with Crippen molar-refractivity contribution < 1.29 is 16.7 Å². The lowest BCUT2D eigenvalue weighted by molar-refractivity contribution is 0.182. The van der Waals surface area contributed by atoms with Crippen LogP contribution >= 0.6 is 0 Å². The van der Waals surface area contributed by atoms with Crippen molar-refractivity contribution in [1.29, 1.82) is 0 Å². The maximum atomic E-state index is 11.1. The van der Waals surface area contributed by atoms with Crippen molar-refractivity contribution in [3.05, 3.63) is 0 Å². The maximum Gasteiger partial charge on any atom is 0.802 e. The van der Waals surface area contributed by atoms with E-state index in [0.717, 1.165) is 0 Å². The number of hydrogen-bond donors (Lipinski definition) is 1. The van der Waals surface area contributed by atoms with E-state index in [9.17, 15) is 12.3 Å². The highest BCUT2D eigenvalue weighted by atomic mass is 28.5. The summed E-state index contributed by atoms with van der Waals surface area (Å²) in [4.78, 5) is 0. The van der Waals surface area contributed by atoms with Gasteiger partial charge in [0.05, 0.1) is 6.61 Å². The second-order valence-corrected chi connectivity index (χ2v) is 2.26. The molecule has 8 heavy (non-hydrogen) atoms. The molecule has 0 rings (SSSR count). The highest BCUT2D eigenvalue weighted by Crippen LogP contribution is 2.07.